The molecule has 1 amide bonds. The van der Waals surface area contributed by atoms with Crippen LogP contribution in [0.1, 0.15) is 24.8 Å². The fourth-order valence-corrected chi connectivity index (χ4v) is 3.09. The number of hydrogen-bond donors (Lipinski definition) is 2. The lowest BCUT2D eigenvalue weighted by Gasteiger charge is -2.25. The van der Waals surface area contributed by atoms with Crippen LogP contribution in [0.25, 0.3) is 10.9 Å². The van der Waals surface area contributed by atoms with Crippen molar-refractivity contribution >= 4 is 29.2 Å². The summed E-state index contributed by atoms with van der Waals surface area (Å²) in [5, 5.41) is 5.15. The van der Waals surface area contributed by atoms with Crippen LogP contribution in [0.2, 0.25) is 0 Å². The van der Waals surface area contributed by atoms with E-state index in [1.54, 1.807) is 25.6 Å². The summed E-state index contributed by atoms with van der Waals surface area (Å²) < 4.78 is 5.68. The number of rotatable bonds is 8. The largest absolute Gasteiger partial charge is 0.482 e. The number of likely N-dealkylation sites (tertiary alicyclic amines) is 1. The maximum Gasteiger partial charge on any atom is 0.277 e. The molecule has 1 saturated heterocycles. The first-order chi connectivity index (χ1) is 14.2. The Hall–Kier alpha value is -3.35. The van der Waals surface area contributed by atoms with E-state index in [1.807, 2.05) is 42.7 Å². The molecule has 0 bridgehead atoms. The molecular weight excluding hydrogens is 366 g/mol. The average molecular weight is 393 g/mol. The van der Waals surface area contributed by atoms with Crippen LogP contribution in [0.5, 0.6) is 0 Å². The molecule has 0 aliphatic carbocycles. The fourth-order valence-electron chi connectivity index (χ4n) is 3.09. The van der Waals surface area contributed by atoms with E-state index in [-0.39, 0.29) is 12.5 Å². The Kier molecular flexibility index (Phi) is 7.63. The molecule has 7 nitrogen and oxygen atoms in total. The normalized spacial score (nSPS) is 15.8. The molecule has 1 aromatic carbocycles. The van der Waals surface area contributed by atoms with Crippen molar-refractivity contribution < 1.29 is 9.53 Å². The molecule has 7 heteroatoms. The second-order valence-corrected chi connectivity index (χ2v) is 6.80. The van der Waals surface area contributed by atoms with Gasteiger partial charge < -0.3 is 14.6 Å². The molecule has 152 valence electrons. The zero-order valence-electron chi connectivity index (χ0n) is 16.7. The lowest BCUT2D eigenvalue weighted by molar-refractivity contribution is -0.124. The molecule has 1 fully saturated rings. The molecule has 1 aliphatic rings. The molecular formula is C22H27N5O2. The Bertz CT molecular complexity index is 920. The number of hydrogen-bond acceptors (Lipinski definition) is 5. The molecule has 1 aromatic heterocycles. The zero-order valence-corrected chi connectivity index (χ0v) is 16.7. The number of H-pyrrole nitrogens is 1. The SMILES string of the molecule is CN=C/C=C\C(=C\N1CCCCC1)OCC(=O)N/N=C/c1ccc2cc[nH]c2c1. The van der Waals surface area contributed by atoms with Crippen LogP contribution in [0.3, 0.4) is 0 Å². The highest BCUT2D eigenvalue weighted by molar-refractivity contribution is 5.89. The van der Waals surface area contributed by atoms with E-state index in [2.05, 4.69) is 25.4 Å². The average Bonchev–Trinajstić information content (AvgIpc) is 3.21. The Balaban J connectivity index is 1.52. The Morgan fingerprint density at radius 1 is 1.28 bits per heavy atom. The second kappa shape index (κ2) is 10.8. The summed E-state index contributed by atoms with van der Waals surface area (Å²) in [7, 11) is 1.71. The van der Waals surface area contributed by atoms with Crippen molar-refractivity contribution in [2.45, 2.75) is 19.3 Å². The van der Waals surface area contributed by atoms with Gasteiger partial charge in [0.05, 0.1) is 6.21 Å². The maximum atomic E-state index is 12.1. The van der Waals surface area contributed by atoms with Gasteiger partial charge in [0.25, 0.3) is 5.91 Å². The van der Waals surface area contributed by atoms with Gasteiger partial charge in [-0.2, -0.15) is 5.10 Å². The van der Waals surface area contributed by atoms with E-state index in [0.717, 1.165) is 29.6 Å². The number of amides is 1. The van der Waals surface area contributed by atoms with Gasteiger partial charge in [0, 0.05) is 44.3 Å². The standard InChI is InChI=1S/C22H27N5O2/c1-23-10-5-6-20(16-27-12-3-2-4-13-27)29-17-22(28)26-25-15-18-7-8-19-9-11-24-21(19)14-18/h5-11,14-16,24H,2-4,12-13,17H2,1H3,(H,26,28)/b6-5-,20-16-,23-10?,25-15+. The van der Waals surface area contributed by atoms with E-state index in [0.29, 0.717) is 5.76 Å². The first-order valence-corrected chi connectivity index (χ1v) is 9.81. The molecule has 0 saturated carbocycles. The van der Waals surface area contributed by atoms with Crippen LogP contribution < -0.4 is 5.43 Å². The summed E-state index contributed by atoms with van der Waals surface area (Å²) in [6.07, 6.45) is 14.4. The predicted molar refractivity (Wildman–Crippen MR) is 117 cm³/mol. The van der Waals surface area contributed by atoms with Crippen LogP contribution in [0.4, 0.5) is 0 Å². The lowest BCUT2D eigenvalue weighted by atomic mass is 10.1. The smallest absolute Gasteiger partial charge is 0.277 e. The van der Waals surface area contributed by atoms with Crippen molar-refractivity contribution in [2.24, 2.45) is 10.1 Å². The second-order valence-electron chi connectivity index (χ2n) is 6.80. The number of aromatic nitrogens is 1. The van der Waals surface area contributed by atoms with Crippen molar-refractivity contribution in [1.29, 1.82) is 0 Å². The number of aromatic amines is 1. The summed E-state index contributed by atoms with van der Waals surface area (Å²) >= 11 is 0. The number of piperidine rings is 1. The minimum Gasteiger partial charge on any atom is -0.482 e. The van der Waals surface area contributed by atoms with Gasteiger partial charge in [-0.3, -0.25) is 9.79 Å². The molecule has 0 unspecified atom stereocenters. The molecule has 0 radical (unpaired) electrons. The molecule has 1 aliphatic heterocycles. The zero-order chi connectivity index (χ0) is 20.3. The highest BCUT2D eigenvalue weighted by Gasteiger charge is 2.08. The topological polar surface area (TPSA) is 82.1 Å². The van der Waals surface area contributed by atoms with Gasteiger partial charge in [-0.15, -0.1) is 0 Å². The summed E-state index contributed by atoms with van der Waals surface area (Å²) in [5.41, 5.74) is 4.43. The third-order valence-electron chi connectivity index (χ3n) is 4.55. The number of nitrogens with zero attached hydrogens (tertiary/aromatic N) is 3. The Labute approximate surface area is 170 Å². The molecule has 29 heavy (non-hydrogen) atoms. The van der Waals surface area contributed by atoms with Crippen LogP contribution >= 0.6 is 0 Å². The molecule has 2 aromatic rings. The highest BCUT2D eigenvalue weighted by atomic mass is 16.5. The van der Waals surface area contributed by atoms with E-state index < -0.39 is 0 Å². The number of fused-ring (bicyclic) bond motifs is 1. The lowest BCUT2D eigenvalue weighted by Crippen LogP contribution is -2.26. The molecule has 3 rings (SSSR count). The van der Waals surface area contributed by atoms with Gasteiger partial charge in [-0.1, -0.05) is 12.1 Å². The number of benzene rings is 1. The van der Waals surface area contributed by atoms with Gasteiger partial charge in [0.2, 0.25) is 0 Å². The summed E-state index contributed by atoms with van der Waals surface area (Å²) in [6.45, 7) is 1.90. The van der Waals surface area contributed by atoms with Crippen molar-refractivity contribution in [2.75, 3.05) is 26.7 Å². The molecule has 2 heterocycles. The third kappa shape index (κ3) is 6.64. The minimum absolute atomic E-state index is 0.111. The van der Waals surface area contributed by atoms with E-state index in [4.69, 9.17) is 4.74 Å². The number of ether oxygens (including phenoxy) is 1. The fraction of sp³-hybridized carbons (Fsp3) is 0.318. The van der Waals surface area contributed by atoms with Gasteiger partial charge >= 0.3 is 0 Å². The summed E-state index contributed by atoms with van der Waals surface area (Å²) in [6, 6.07) is 7.93. The summed E-state index contributed by atoms with van der Waals surface area (Å²) in [4.78, 5) is 21.4. The van der Waals surface area contributed by atoms with Crippen molar-refractivity contribution in [1.82, 2.24) is 15.3 Å². The number of aliphatic imine (C=N–C) groups is 1. The Morgan fingerprint density at radius 3 is 2.97 bits per heavy atom. The van der Waals surface area contributed by atoms with Gasteiger partial charge in [-0.05, 0) is 54.5 Å². The molecule has 0 spiro atoms. The van der Waals surface area contributed by atoms with E-state index in [9.17, 15) is 4.79 Å². The van der Waals surface area contributed by atoms with Crippen LogP contribution in [0.15, 0.2) is 64.7 Å². The number of allylic oxidation sites excluding steroid dienone is 2. The minimum atomic E-state index is -0.315. The Morgan fingerprint density at radius 2 is 2.14 bits per heavy atom. The number of nitrogens with one attached hydrogen (secondary N) is 2. The van der Waals surface area contributed by atoms with Gasteiger partial charge in [0.15, 0.2) is 6.61 Å². The molecule has 0 atom stereocenters. The molecule has 2 N–H and O–H groups in total. The number of carbonyl (C=O) groups is 1. The predicted octanol–water partition coefficient (Wildman–Crippen LogP) is 3.22. The number of hydrazone groups is 1. The number of carbonyl (C=O) groups excluding carboxylic acids is 1. The van der Waals surface area contributed by atoms with Crippen molar-refractivity contribution in [3.8, 4) is 0 Å². The maximum absolute atomic E-state index is 12.1. The first kappa shape index (κ1) is 20.4. The van der Waals surface area contributed by atoms with Crippen LogP contribution in [0, 0.1) is 0 Å². The van der Waals surface area contributed by atoms with Crippen molar-refractivity contribution in [3.05, 3.63) is 60.1 Å². The summed E-state index contributed by atoms with van der Waals surface area (Å²) in [5.74, 6) is 0.312. The first-order valence-electron chi connectivity index (χ1n) is 9.81. The van der Waals surface area contributed by atoms with Gasteiger partial charge in [-0.25, -0.2) is 5.43 Å². The highest BCUT2D eigenvalue weighted by Crippen LogP contribution is 2.13. The monoisotopic (exact) mass is 393 g/mol. The van der Waals surface area contributed by atoms with E-state index >= 15 is 0 Å². The third-order valence-corrected chi connectivity index (χ3v) is 4.55. The van der Waals surface area contributed by atoms with Crippen LogP contribution in [-0.2, 0) is 9.53 Å². The quantitative estimate of drug-likeness (QED) is 0.313. The van der Waals surface area contributed by atoms with Crippen molar-refractivity contribution in [3.63, 3.8) is 0 Å². The van der Waals surface area contributed by atoms with Crippen LogP contribution in [-0.4, -0.2) is 55.0 Å². The van der Waals surface area contributed by atoms with Gasteiger partial charge in [0.1, 0.15) is 5.76 Å². The van der Waals surface area contributed by atoms with E-state index in [1.165, 1.54) is 19.3 Å².